The first-order chi connectivity index (χ1) is 16.3. The predicted molar refractivity (Wildman–Crippen MR) is 127 cm³/mol. The van der Waals surface area contributed by atoms with Crippen LogP contribution in [0.3, 0.4) is 0 Å². The van der Waals surface area contributed by atoms with Crippen LogP contribution in [0.2, 0.25) is 0 Å². The van der Waals surface area contributed by atoms with Crippen LogP contribution in [0.25, 0.3) is 0 Å². The molecule has 1 aromatic heterocycles. The number of aromatic nitrogens is 2. The molecule has 0 spiro atoms. The minimum absolute atomic E-state index is 0.123. The highest BCUT2D eigenvalue weighted by molar-refractivity contribution is 5.93. The van der Waals surface area contributed by atoms with E-state index in [1.54, 1.807) is 38.1 Å². The Kier molecular flexibility index (Phi) is 8.07. The average Bonchev–Trinajstić information content (AvgIpc) is 3.21. The number of anilines is 1. The summed E-state index contributed by atoms with van der Waals surface area (Å²) in [5.41, 5.74) is 1.70. The molecule has 10 nitrogen and oxygen atoms in total. The maximum Gasteiger partial charge on any atom is 0.309 e. The molecule has 0 aliphatic carbocycles. The van der Waals surface area contributed by atoms with Crippen molar-refractivity contribution in [2.24, 2.45) is 0 Å². The first-order valence-electron chi connectivity index (χ1n) is 10.9. The summed E-state index contributed by atoms with van der Waals surface area (Å²) in [5.74, 6) is 1.67. The fourth-order valence-electron chi connectivity index (χ4n) is 3.33. The van der Waals surface area contributed by atoms with Gasteiger partial charge in [-0.3, -0.25) is 19.6 Å². The van der Waals surface area contributed by atoms with Gasteiger partial charge in [-0.25, -0.2) is 0 Å². The van der Waals surface area contributed by atoms with Gasteiger partial charge in [0.1, 0.15) is 30.3 Å². The minimum atomic E-state index is -0.719. The molecule has 1 unspecified atom stereocenters. The lowest BCUT2D eigenvalue weighted by Crippen LogP contribution is -2.25. The maximum atomic E-state index is 12.6. The molecule has 0 saturated heterocycles. The third kappa shape index (κ3) is 5.83. The highest BCUT2D eigenvalue weighted by Crippen LogP contribution is 2.29. The molecule has 3 rings (SSSR count). The van der Waals surface area contributed by atoms with E-state index in [1.165, 1.54) is 4.68 Å². The van der Waals surface area contributed by atoms with Gasteiger partial charge in [0.2, 0.25) is 5.91 Å². The number of hydrogen-bond acceptors (Lipinski definition) is 7. The summed E-state index contributed by atoms with van der Waals surface area (Å²) in [7, 11) is 0. The van der Waals surface area contributed by atoms with Crippen molar-refractivity contribution in [2.75, 3.05) is 18.5 Å². The van der Waals surface area contributed by atoms with Crippen molar-refractivity contribution in [3.8, 4) is 17.2 Å². The fourth-order valence-corrected chi connectivity index (χ4v) is 3.33. The second-order valence-electron chi connectivity index (χ2n) is 7.44. The van der Waals surface area contributed by atoms with Gasteiger partial charge in [0.05, 0.1) is 18.1 Å². The lowest BCUT2D eigenvalue weighted by Gasteiger charge is -2.15. The number of ether oxygens (including phenoxy) is 3. The van der Waals surface area contributed by atoms with Crippen LogP contribution in [0, 0.1) is 17.0 Å². The summed E-state index contributed by atoms with van der Waals surface area (Å²) in [6.45, 7) is 8.45. The largest absolute Gasteiger partial charge is 0.490 e. The molecular formula is C24H28N4O6. The normalized spacial score (nSPS) is 11.5. The second kappa shape index (κ2) is 11.2. The molecule has 0 aliphatic heterocycles. The first-order valence-corrected chi connectivity index (χ1v) is 10.9. The van der Waals surface area contributed by atoms with Gasteiger partial charge in [0.15, 0.2) is 11.5 Å². The second-order valence-corrected chi connectivity index (χ2v) is 7.44. The van der Waals surface area contributed by atoms with Crippen LogP contribution in [0.4, 0.5) is 11.4 Å². The van der Waals surface area contributed by atoms with Gasteiger partial charge in [0.25, 0.3) is 0 Å². The number of benzene rings is 2. The molecule has 10 heteroatoms. The van der Waals surface area contributed by atoms with E-state index in [-0.39, 0.29) is 11.6 Å². The van der Waals surface area contributed by atoms with E-state index in [4.69, 9.17) is 14.2 Å². The van der Waals surface area contributed by atoms with Gasteiger partial charge >= 0.3 is 5.69 Å². The Morgan fingerprint density at radius 2 is 1.76 bits per heavy atom. The van der Waals surface area contributed by atoms with Crippen molar-refractivity contribution < 1.29 is 23.9 Å². The SMILES string of the molecule is CCOc1ccc(COc2ccc(NC(=O)C(C)n3ncc([N+](=O)[O-])c3C)cc2)cc1OCC. The summed E-state index contributed by atoms with van der Waals surface area (Å²) in [6.07, 6.45) is 1.15. The number of nitro groups is 1. The molecule has 1 heterocycles. The lowest BCUT2D eigenvalue weighted by atomic mass is 10.2. The van der Waals surface area contributed by atoms with Gasteiger partial charge in [-0.15, -0.1) is 0 Å². The maximum absolute atomic E-state index is 12.6. The Labute approximate surface area is 197 Å². The molecule has 1 atom stereocenters. The predicted octanol–water partition coefficient (Wildman–Crippen LogP) is 4.68. The van der Waals surface area contributed by atoms with E-state index < -0.39 is 11.0 Å². The third-order valence-corrected chi connectivity index (χ3v) is 5.10. The molecule has 1 amide bonds. The number of carbonyl (C=O) groups excluding carboxylic acids is 1. The zero-order chi connectivity index (χ0) is 24.7. The number of hydrogen-bond donors (Lipinski definition) is 1. The quantitative estimate of drug-likeness (QED) is 0.321. The Hall–Kier alpha value is -4.08. The molecular weight excluding hydrogens is 440 g/mol. The number of amides is 1. The van der Waals surface area contributed by atoms with Gasteiger partial charge in [-0.2, -0.15) is 5.10 Å². The smallest absolute Gasteiger partial charge is 0.309 e. The highest BCUT2D eigenvalue weighted by Gasteiger charge is 2.23. The van der Waals surface area contributed by atoms with Crippen LogP contribution in [0.15, 0.2) is 48.7 Å². The van der Waals surface area contributed by atoms with Crippen LogP contribution in [0.1, 0.15) is 38.1 Å². The van der Waals surface area contributed by atoms with E-state index >= 15 is 0 Å². The summed E-state index contributed by atoms with van der Waals surface area (Å²) in [6, 6.07) is 11.9. The molecule has 0 fully saturated rings. The molecule has 180 valence electrons. The molecule has 2 aromatic carbocycles. The summed E-state index contributed by atoms with van der Waals surface area (Å²) in [5, 5.41) is 17.8. The van der Waals surface area contributed by atoms with Crippen LogP contribution >= 0.6 is 0 Å². The molecule has 0 bridgehead atoms. The summed E-state index contributed by atoms with van der Waals surface area (Å²) >= 11 is 0. The Bertz CT molecular complexity index is 1140. The van der Waals surface area contributed by atoms with Gasteiger partial charge in [0, 0.05) is 5.69 Å². The molecule has 34 heavy (non-hydrogen) atoms. The van der Waals surface area contributed by atoms with Crippen molar-refractivity contribution in [1.29, 1.82) is 0 Å². The van der Waals surface area contributed by atoms with Crippen molar-refractivity contribution in [3.63, 3.8) is 0 Å². The number of rotatable bonds is 11. The summed E-state index contributed by atoms with van der Waals surface area (Å²) in [4.78, 5) is 23.1. The van der Waals surface area contributed by atoms with Crippen LogP contribution in [0.5, 0.6) is 17.2 Å². The third-order valence-electron chi connectivity index (χ3n) is 5.10. The van der Waals surface area contributed by atoms with Crippen LogP contribution in [-0.2, 0) is 11.4 Å². The fraction of sp³-hybridized carbons (Fsp3) is 0.333. The average molecular weight is 469 g/mol. The Morgan fingerprint density at radius 1 is 1.09 bits per heavy atom. The van der Waals surface area contributed by atoms with E-state index in [0.717, 1.165) is 11.8 Å². The monoisotopic (exact) mass is 468 g/mol. The number of nitrogens with zero attached hydrogens (tertiary/aromatic N) is 3. The Morgan fingerprint density at radius 3 is 2.38 bits per heavy atom. The van der Waals surface area contributed by atoms with Crippen molar-refractivity contribution in [2.45, 2.75) is 40.3 Å². The lowest BCUT2D eigenvalue weighted by molar-refractivity contribution is -0.385. The van der Waals surface area contributed by atoms with Crippen molar-refractivity contribution in [1.82, 2.24) is 9.78 Å². The number of nitrogens with one attached hydrogen (secondary N) is 1. The van der Waals surface area contributed by atoms with E-state index in [1.807, 2.05) is 32.0 Å². The van der Waals surface area contributed by atoms with E-state index in [0.29, 0.717) is 48.5 Å². The highest BCUT2D eigenvalue weighted by atomic mass is 16.6. The van der Waals surface area contributed by atoms with Crippen LogP contribution < -0.4 is 19.5 Å². The topological polar surface area (TPSA) is 118 Å². The Balaban J connectivity index is 1.59. The standard InChI is InChI=1S/C24H28N4O6/c1-5-32-22-12-7-18(13-23(22)33-6-2)15-34-20-10-8-19(9-11-20)26-24(29)17(4)27-16(3)21(14-25-27)28(30)31/h7-14,17H,5-6,15H2,1-4H3,(H,26,29). The van der Waals surface area contributed by atoms with Gasteiger partial charge < -0.3 is 19.5 Å². The summed E-state index contributed by atoms with van der Waals surface area (Å²) < 4.78 is 18.4. The molecule has 0 saturated carbocycles. The number of carbonyl (C=O) groups is 1. The van der Waals surface area contributed by atoms with Crippen molar-refractivity contribution >= 4 is 17.3 Å². The van der Waals surface area contributed by atoms with E-state index in [2.05, 4.69) is 10.4 Å². The first kappa shape index (κ1) is 24.6. The molecule has 1 N–H and O–H groups in total. The van der Waals surface area contributed by atoms with Gasteiger partial charge in [-0.05, 0) is 69.7 Å². The zero-order valence-electron chi connectivity index (χ0n) is 19.6. The minimum Gasteiger partial charge on any atom is -0.490 e. The molecule has 3 aromatic rings. The molecule has 0 aliphatic rings. The van der Waals surface area contributed by atoms with E-state index in [9.17, 15) is 14.9 Å². The van der Waals surface area contributed by atoms with Crippen molar-refractivity contribution in [3.05, 3.63) is 70.0 Å². The molecule has 0 radical (unpaired) electrons. The van der Waals surface area contributed by atoms with Gasteiger partial charge in [-0.1, -0.05) is 6.07 Å². The zero-order valence-corrected chi connectivity index (χ0v) is 19.6. The van der Waals surface area contributed by atoms with Crippen LogP contribution in [-0.4, -0.2) is 33.8 Å².